The predicted molar refractivity (Wildman–Crippen MR) is 220 cm³/mol. The molecule has 4 aromatic rings. The van der Waals surface area contributed by atoms with Crippen molar-refractivity contribution in [2.45, 2.75) is 0 Å². The van der Waals surface area contributed by atoms with Crippen LogP contribution in [0.2, 0.25) is 0 Å². The number of carboxylic acids is 5. The molecule has 4 aromatic carbocycles. The van der Waals surface area contributed by atoms with Crippen LogP contribution in [0.4, 0.5) is 25.8 Å². The van der Waals surface area contributed by atoms with Gasteiger partial charge in [-0.25, -0.2) is 13.6 Å². The largest absolute Gasteiger partial charge is 0.505 e. The molecule has 6 rings (SSSR count). The van der Waals surface area contributed by atoms with Gasteiger partial charge in [-0.1, -0.05) is 18.2 Å². The van der Waals surface area contributed by atoms with Gasteiger partial charge in [0, 0.05) is 46.0 Å². The molecule has 0 aromatic heterocycles. The number of fused-ring (bicyclic) bond motifs is 2. The number of carbonyl (C=O) groups is 6. The summed E-state index contributed by atoms with van der Waals surface area (Å²) >= 11 is 0. The Hall–Kier alpha value is -8.75. The second-order valence-corrected chi connectivity index (χ2v) is 13.7. The minimum absolute atomic E-state index is 0.0135. The van der Waals surface area contributed by atoms with E-state index in [9.17, 15) is 73.0 Å². The van der Waals surface area contributed by atoms with E-state index in [1.165, 1.54) is 48.5 Å². The van der Waals surface area contributed by atoms with Crippen molar-refractivity contribution in [1.82, 2.24) is 0 Å². The number of carbonyl (C=O) groups excluding carboxylic acids is 1. The summed E-state index contributed by atoms with van der Waals surface area (Å²) in [5, 5.41) is 60.5. The number of amides is 1. The molecular weight excluding hydrogens is 852 g/mol. The highest BCUT2D eigenvalue weighted by atomic mass is 19.1. The van der Waals surface area contributed by atoms with Gasteiger partial charge in [-0.15, -0.1) is 0 Å². The zero-order valence-corrected chi connectivity index (χ0v) is 32.7. The average Bonchev–Trinajstić information content (AvgIpc) is 3.21. The van der Waals surface area contributed by atoms with Crippen molar-refractivity contribution < 1.29 is 82.1 Å². The summed E-state index contributed by atoms with van der Waals surface area (Å²) in [6, 6.07) is 16.4. The number of benzene rings is 5. The van der Waals surface area contributed by atoms with Gasteiger partial charge in [0.05, 0.1) is 16.9 Å². The number of anilines is 3. The Balaban J connectivity index is 1.32. The first-order chi connectivity index (χ1) is 30.4. The summed E-state index contributed by atoms with van der Waals surface area (Å²) < 4.78 is 46.7. The van der Waals surface area contributed by atoms with Crippen LogP contribution < -0.4 is 30.0 Å². The maximum Gasteiger partial charge on any atom is 0.336 e. The number of aromatic carboxylic acids is 1. The summed E-state index contributed by atoms with van der Waals surface area (Å²) in [4.78, 5) is 87.0. The van der Waals surface area contributed by atoms with Gasteiger partial charge in [0.2, 0.25) is 5.43 Å². The molecule has 0 saturated carbocycles. The quantitative estimate of drug-likeness (QED) is 0.0420. The maximum absolute atomic E-state index is 14.7. The fourth-order valence-corrected chi connectivity index (χ4v) is 6.69. The number of nitrogens with one attached hydrogen (secondary N) is 1. The van der Waals surface area contributed by atoms with Crippen molar-refractivity contribution in [1.29, 1.82) is 0 Å². The number of ether oxygens (including phenoxy) is 2. The molecule has 0 atom stereocenters. The van der Waals surface area contributed by atoms with Gasteiger partial charge in [0.1, 0.15) is 62.2 Å². The van der Waals surface area contributed by atoms with Crippen molar-refractivity contribution in [3.05, 3.63) is 118 Å². The maximum atomic E-state index is 14.7. The molecule has 0 fully saturated rings. The molecule has 2 aliphatic rings. The van der Waals surface area contributed by atoms with E-state index in [1.807, 2.05) is 0 Å². The lowest BCUT2D eigenvalue weighted by Gasteiger charge is -2.25. The van der Waals surface area contributed by atoms with Crippen LogP contribution in [0, 0.1) is 11.6 Å². The predicted octanol–water partition coefficient (Wildman–Crippen LogP) is 4.91. The van der Waals surface area contributed by atoms with Gasteiger partial charge in [-0.05, 0) is 54.1 Å². The van der Waals surface area contributed by atoms with E-state index in [4.69, 9.17) is 13.9 Å². The minimum Gasteiger partial charge on any atom is -0.505 e. The molecule has 64 heavy (non-hydrogen) atoms. The van der Waals surface area contributed by atoms with E-state index in [2.05, 4.69) is 5.32 Å². The van der Waals surface area contributed by atoms with Gasteiger partial charge in [0.25, 0.3) is 5.91 Å². The highest BCUT2D eigenvalue weighted by molar-refractivity contribution is 6.11. The topological polar surface area (TPSA) is 291 Å². The number of hydrogen-bond donors (Lipinski definition) is 7. The van der Waals surface area contributed by atoms with Gasteiger partial charge in [-0.3, -0.25) is 28.8 Å². The first kappa shape index (κ1) is 44.8. The van der Waals surface area contributed by atoms with Crippen LogP contribution in [-0.4, -0.2) is 106 Å². The minimum atomic E-state index is -1.58. The first-order valence-corrected chi connectivity index (χ1v) is 18.5. The SMILES string of the molecule is O=C(O)CN(CC(=O)O)c1ccccc1OCCOc1cc(NC(=O)c2ccc(-c3c4cc(F)c(=O)cc-4oc4cc(O)c(F)cc34)c(C(=O)O)c2)ccc1N(CC(=O)O)CC(=O)O. The van der Waals surface area contributed by atoms with Crippen LogP contribution in [0.5, 0.6) is 17.2 Å². The number of nitrogens with zero attached hydrogens (tertiary/aromatic N) is 2. The Bertz CT molecular complexity index is 2850. The number of phenols is 1. The molecule has 1 aliphatic heterocycles. The van der Waals surface area contributed by atoms with E-state index in [1.54, 1.807) is 6.07 Å². The Labute approximate surface area is 357 Å². The normalized spacial score (nSPS) is 10.9. The molecule has 19 nitrogen and oxygen atoms in total. The van der Waals surface area contributed by atoms with E-state index in [0.717, 1.165) is 40.1 Å². The van der Waals surface area contributed by atoms with Gasteiger partial charge in [0.15, 0.2) is 17.4 Å². The standard InChI is InChI=1S/C43H33F2N3O16/c44-27-13-25-34(15-31(27)49)64-35-16-32(50)28(45)14-26(35)41(25)23-7-5-21(11-24(23)43(60)61)42(59)46-22-6-8-30(48(19-39(55)56)20-40(57)58)36(12-22)63-10-9-62-33-4-2-1-3-29(33)47(17-37(51)52)18-38(53)54/h1-8,11-16,49H,9-10,17-20H2,(H,46,59)(H,51,52)(H,53,54)(H,55,56)(H,57,58)(H,60,61). The number of phenolic OH excluding ortho intramolecular Hbond substituents is 1. The van der Waals surface area contributed by atoms with Crippen molar-refractivity contribution in [3.63, 3.8) is 0 Å². The number of rotatable bonds is 19. The molecule has 7 N–H and O–H groups in total. The molecule has 0 spiro atoms. The van der Waals surface area contributed by atoms with E-state index >= 15 is 0 Å². The monoisotopic (exact) mass is 885 g/mol. The van der Waals surface area contributed by atoms with E-state index < -0.39 is 90.3 Å². The van der Waals surface area contributed by atoms with Crippen molar-refractivity contribution >= 4 is 63.8 Å². The molecule has 0 radical (unpaired) electrons. The Morgan fingerprint density at radius 3 is 1.84 bits per heavy atom. The Morgan fingerprint density at radius 1 is 0.641 bits per heavy atom. The lowest BCUT2D eigenvalue weighted by molar-refractivity contribution is -0.138. The zero-order chi connectivity index (χ0) is 46.4. The Kier molecular flexibility index (Phi) is 13.2. The van der Waals surface area contributed by atoms with Gasteiger partial charge in [-0.2, -0.15) is 0 Å². The summed E-state index contributed by atoms with van der Waals surface area (Å²) in [6.07, 6.45) is 0. The number of halogens is 2. The summed E-state index contributed by atoms with van der Waals surface area (Å²) in [5.74, 6) is -11.4. The molecule has 1 amide bonds. The highest BCUT2D eigenvalue weighted by Crippen LogP contribution is 2.43. The third kappa shape index (κ3) is 10.2. The van der Waals surface area contributed by atoms with Crippen LogP contribution in [-0.2, 0) is 19.2 Å². The third-order valence-electron chi connectivity index (χ3n) is 9.29. The smallest absolute Gasteiger partial charge is 0.336 e. The van der Waals surface area contributed by atoms with Crippen LogP contribution >= 0.6 is 0 Å². The third-order valence-corrected chi connectivity index (χ3v) is 9.29. The van der Waals surface area contributed by atoms with Crippen molar-refractivity contribution in [3.8, 4) is 39.7 Å². The Morgan fingerprint density at radius 2 is 1.23 bits per heavy atom. The fraction of sp³-hybridized carbons (Fsp3) is 0.140. The van der Waals surface area contributed by atoms with Gasteiger partial charge >= 0.3 is 29.8 Å². The molecular formula is C43H33F2N3O16. The van der Waals surface area contributed by atoms with Crippen molar-refractivity contribution in [2.24, 2.45) is 0 Å². The average molecular weight is 886 g/mol. The highest BCUT2D eigenvalue weighted by Gasteiger charge is 2.26. The molecule has 330 valence electrons. The zero-order valence-electron chi connectivity index (χ0n) is 32.7. The van der Waals surface area contributed by atoms with E-state index in [-0.39, 0.29) is 80.8 Å². The molecule has 0 unspecified atom stereocenters. The van der Waals surface area contributed by atoms with E-state index in [0.29, 0.717) is 0 Å². The molecule has 1 aliphatic carbocycles. The molecule has 0 bridgehead atoms. The number of para-hydroxylation sites is 2. The van der Waals surface area contributed by atoms with Crippen LogP contribution in [0.3, 0.4) is 0 Å². The lowest BCUT2D eigenvalue weighted by atomic mass is 9.89. The fourth-order valence-electron chi connectivity index (χ4n) is 6.69. The molecule has 1 heterocycles. The number of aromatic hydroxyl groups is 1. The van der Waals surface area contributed by atoms with Crippen LogP contribution in [0.15, 0.2) is 94.1 Å². The lowest BCUT2D eigenvalue weighted by Crippen LogP contribution is -2.35. The number of aliphatic carboxylic acids is 4. The molecule has 0 saturated heterocycles. The second kappa shape index (κ2) is 18.9. The van der Waals surface area contributed by atoms with Crippen molar-refractivity contribution in [2.75, 3.05) is 54.5 Å². The van der Waals surface area contributed by atoms with Crippen LogP contribution in [0.25, 0.3) is 33.4 Å². The summed E-state index contributed by atoms with van der Waals surface area (Å²) in [6.45, 7) is -3.55. The first-order valence-electron chi connectivity index (χ1n) is 18.5. The van der Waals surface area contributed by atoms with Gasteiger partial charge < -0.3 is 59.6 Å². The molecule has 21 heteroatoms. The number of hydrogen-bond acceptors (Lipinski definition) is 13. The number of carboxylic acid groups (broad SMARTS) is 5. The second-order valence-electron chi connectivity index (χ2n) is 13.7. The summed E-state index contributed by atoms with van der Waals surface area (Å²) in [5.41, 5.74) is -2.35. The van der Waals surface area contributed by atoms with Crippen LogP contribution in [0.1, 0.15) is 20.7 Å². The summed E-state index contributed by atoms with van der Waals surface area (Å²) in [7, 11) is 0.